The first-order valence-electron chi connectivity index (χ1n) is 10.3. The summed E-state index contributed by atoms with van der Waals surface area (Å²) in [5.74, 6) is -0.423. The van der Waals surface area contributed by atoms with Crippen molar-refractivity contribution in [3.8, 4) is 0 Å². The van der Waals surface area contributed by atoms with Crippen LogP contribution in [0.25, 0.3) is 10.9 Å². The summed E-state index contributed by atoms with van der Waals surface area (Å²) < 4.78 is 34.5. The lowest BCUT2D eigenvalue weighted by atomic mass is 9.96. The molecule has 0 spiro atoms. The van der Waals surface area contributed by atoms with Gasteiger partial charge in [0.1, 0.15) is 5.69 Å². The molecule has 1 saturated carbocycles. The number of rotatable bonds is 7. The number of H-pyrrole nitrogens is 1. The van der Waals surface area contributed by atoms with Gasteiger partial charge in [0.2, 0.25) is 11.5 Å². The number of hydrogen-bond acceptors (Lipinski definition) is 5. The van der Waals surface area contributed by atoms with E-state index in [1.165, 1.54) is 0 Å². The molecule has 7 nitrogen and oxygen atoms in total. The Morgan fingerprint density at radius 3 is 2.88 bits per heavy atom. The maximum absolute atomic E-state index is 13.1. The number of fused-ring (bicyclic) bond motifs is 2. The lowest BCUT2D eigenvalue weighted by Gasteiger charge is -2.26. The van der Waals surface area contributed by atoms with Gasteiger partial charge in [-0.2, -0.15) is 8.78 Å². The van der Waals surface area contributed by atoms with Gasteiger partial charge in [0, 0.05) is 46.3 Å². The van der Waals surface area contributed by atoms with Crippen molar-refractivity contribution in [1.82, 2.24) is 15.0 Å². The summed E-state index contributed by atoms with van der Waals surface area (Å²) >= 11 is 6.21. The number of aromatic amines is 1. The number of carbonyl (C=O) groups is 2. The number of amides is 1. The summed E-state index contributed by atoms with van der Waals surface area (Å²) in [4.78, 5) is 30.7. The molecule has 0 unspecified atom stereocenters. The Kier molecular flexibility index (Phi) is 5.25. The van der Waals surface area contributed by atoms with Crippen LogP contribution in [0.2, 0.25) is 5.02 Å². The van der Waals surface area contributed by atoms with Crippen LogP contribution in [0.5, 0.6) is 0 Å². The van der Waals surface area contributed by atoms with Crippen LogP contribution in [0.3, 0.4) is 0 Å². The summed E-state index contributed by atoms with van der Waals surface area (Å²) in [6.07, 6.45) is 1.80. The second-order valence-corrected chi connectivity index (χ2v) is 8.88. The summed E-state index contributed by atoms with van der Waals surface area (Å²) in [7, 11) is 0. The van der Waals surface area contributed by atoms with Crippen LogP contribution in [-0.4, -0.2) is 46.5 Å². The fourth-order valence-electron chi connectivity index (χ4n) is 4.22. The molecule has 2 aliphatic rings. The Hall–Kier alpha value is -2.78. The monoisotopic (exact) mass is 463 g/mol. The topological polar surface area (TPSA) is 88.4 Å². The highest BCUT2D eigenvalue weighted by Crippen LogP contribution is 2.50. The third-order valence-electron chi connectivity index (χ3n) is 6.23. The van der Waals surface area contributed by atoms with Crippen LogP contribution in [0.4, 0.5) is 8.78 Å². The number of nitrogens with zero attached hydrogens (tertiary/aromatic N) is 2. The van der Waals surface area contributed by atoms with Crippen LogP contribution in [0, 0.1) is 5.41 Å². The van der Waals surface area contributed by atoms with Gasteiger partial charge in [0.05, 0.1) is 18.8 Å². The molecule has 10 heteroatoms. The number of hydrogen-bond donors (Lipinski definition) is 1. The van der Waals surface area contributed by atoms with E-state index in [1.807, 2.05) is 6.07 Å². The number of carbonyl (C=O) groups excluding carboxylic acids is 2. The zero-order valence-electron chi connectivity index (χ0n) is 17.0. The first kappa shape index (κ1) is 21.1. The van der Waals surface area contributed by atoms with Crippen molar-refractivity contribution in [3.05, 3.63) is 52.0 Å². The molecule has 2 aromatic heterocycles. The van der Waals surface area contributed by atoms with Crippen molar-refractivity contribution in [2.75, 3.05) is 13.2 Å². The number of benzene rings is 1. The van der Waals surface area contributed by atoms with E-state index in [1.54, 1.807) is 23.1 Å². The van der Waals surface area contributed by atoms with Gasteiger partial charge in [-0.05, 0) is 31.0 Å². The number of ether oxygens (including phenoxy) is 1. The van der Waals surface area contributed by atoms with Gasteiger partial charge in [-0.3, -0.25) is 9.59 Å². The third-order valence-corrected chi connectivity index (χ3v) is 6.56. The number of Topliss-reactive ketones (excluding diaryl/α,β-unsaturated/α-hetero) is 1. The molecule has 1 aliphatic heterocycles. The SMILES string of the molecule is O=C(CC1(COC(F)F)CC1)c1onc2c1CN(C(=O)c1cc3c(Cl)cccc3[nH]1)CC2. The number of alkyl halides is 2. The van der Waals surface area contributed by atoms with Crippen LogP contribution in [-0.2, 0) is 17.7 Å². The highest BCUT2D eigenvalue weighted by molar-refractivity contribution is 6.35. The average Bonchev–Trinajstić information content (AvgIpc) is 3.20. The molecule has 0 bridgehead atoms. The maximum Gasteiger partial charge on any atom is 0.345 e. The van der Waals surface area contributed by atoms with E-state index in [0.717, 1.165) is 10.9 Å². The van der Waals surface area contributed by atoms with E-state index in [-0.39, 0.29) is 37.0 Å². The number of aromatic nitrogens is 2. The second kappa shape index (κ2) is 7.97. The lowest BCUT2D eigenvalue weighted by Crippen LogP contribution is -2.36. The Morgan fingerprint density at radius 1 is 1.34 bits per heavy atom. The zero-order chi connectivity index (χ0) is 22.5. The molecule has 3 heterocycles. The lowest BCUT2D eigenvalue weighted by molar-refractivity contribution is -0.140. The van der Waals surface area contributed by atoms with Gasteiger partial charge >= 0.3 is 6.61 Å². The minimum Gasteiger partial charge on any atom is -0.352 e. The fraction of sp³-hybridized carbons (Fsp3) is 0.409. The van der Waals surface area contributed by atoms with Crippen molar-refractivity contribution < 1.29 is 27.6 Å². The molecule has 0 radical (unpaired) electrons. The van der Waals surface area contributed by atoms with Gasteiger partial charge in [0.15, 0.2) is 0 Å². The van der Waals surface area contributed by atoms with Crippen LogP contribution in [0.15, 0.2) is 28.8 Å². The number of halogens is 3. The Morgan fingerprint density at radius 2 is 2.16 bits per heavy atom. The molecule has 1 aromatic carbocycles. The molecule has 168 valence electrons. The predicted molar refractivity (Wildman–Crippen MR) is 111 cm³/mol. The quantitative estimate of drug-likeness (QED) is 0.517. The standard InChI is InChI=1S/C22H20ClF2N3O4/c23-14-2-1-3-15-12(14)8-17(26-15)20(30)28-7-4-16-13(10-28)19(32-27-16)18(29)9-22(5-6-22)11-31-21(24)25/h1-3,8,21,26H,4-7,9-11H2. The molecule has 1 aliphatic carbocycles. The molecule has 1 N–H and O–H groups in total. The van der Waals surface area contributed by atoms with Gasteiger partial charge in [-0.25, -0.2) is 0 Å². The summed E-state index contributed by atoms with van der Waals surface area (Å²) in [5, 5.41) is 5.32. The Balaban J connectivity index is 1.32. The number of ketones is 1. The van der Waals surface area contributed by atoms with E-state index in [2.05, 4.69) is 14.9 Å². The molecular formula is C22H20ClF2N3O4. The van der Waals surface area contributed by atoms with Crippen molar-refractivity contribution in [1.29, 1.82) is 0 Å². The first-order valence-corrected chi connectivity index (χ1v) is 10.7. The molecule has 5 rings (SSSR count). The molecular weight excluding hydrogens is 444 g/mol. The highest BCUT2D eigenvalue weighted by Gasteiger charge is 2.46. The predicted octanol–water partition coefficient (Wildman–Crippen LogP) is 4.60. The van der Waals surface area contributed by atoms with Crippen LogP contribution < -0.4 is 0 Å². The number of nitrogens with one attached hydrogen (secondary N) is 1. The fourth-order valence-corrected chi connectivity index (χ4v) is 4.45. The van der Waals surface area contributed by atoms with Gasteiger partial charge in [-0.15, -0.1) is 0 Å². The normalized spacial score (nSPS) is 17.1. The molecule has 0 saturated heterocycles. The van der Waals surface area contributed by atoms with Gasteiger partial charge in [-0.1, -0.05) is 22.8 Å². The summed E-state index contributed by atoms with van der Waals surface area (Å²) in [6, 6.07) is 7.12. The van der Waals surface area contributed by atoms with E-state index in [9.17, 15) is 18.4 Å². The van der Waals surface area contributed by atoms with Gasteiger partial charge in [0.25, 0.3) is 5.91 Å². The van der Waals surface area contributed by atoms with Crippen molar-refractivity contribution in [3.63, 3.8) is 0 Å². The van der Waals surface area contributed by atoms with Gasteiger partial charge < -0.3 is 19.1 Å². The van der Waals surface area contributed by atoms with Crippen molar-refractivity contribution in [2.24, 2.45) is 5.41 Å². The molecule has 1 amide bonds. The molecule has 0 atom stereocenters. The smallest absolute Gasteiger partial charge is 0.345 e. The average molecular weight is 464 g/mol. The second-order valence-electron chi connectivity index (χ2n) is 8.47. The third kappa shape index (κ3) is 3.91. The summed E-state index contributed by atoms with van der Waals surface area (Å²) in [6.45, 7) is -2.41. The van der Waals surface area contributed by atoms with Crippen LogP contribution >= 0.6 is 11.6 Å². The molecule has 1 fully saturated rings. The van der Waals surface area contributed by atoms with E-state index in [0.29, 0.717) is 47.8 Å². The largest absolute Gasteiger partial charge is 0.352 e. The highest BCUT2D eigenvalue weighted by atomic mass is 35.5. The maximum atomic E-state index is 13.1. The molecule has 32 heavy (non-hydrogen) atoms. The summed E-state index contributed by atoms with van der Waals surface area (Å²) in [5.41, 5.74) is 1.82. The van der Waals surface area contributed by atoms with E-state index >= 15 is 0 Å². The zero-order valence-corrected chi connectivity index (χ0v) is 17.8. The van der Waals surface area contributed by atoms with Crippen LogP contribution in [0.1, 0.15) is 51.6 Å². The minimum atomic E-state index is -2.86. The Bertz CT molecular complexity index is 1200. The first-order chi connectivity index (χ1) is 15.3. The molecule has 3 aromatic rings. The Labute approximate surface area is 186 Å². The van der Waals surface area contributed by atoms with E-state index < -0.39 is 12.0 Å². The minimum absolute atomic E-state index is 0.0514. The van der Waals surface area contributed by atoms with Crippen molar-refractivity contribution in [2.45, 2.75) is 38.8 Å². The van der Waals surface area contributed by atoms with Crippen molar-refractivity contribution >= 4 is 34.2 Å². The van der Waals surface area contributed by atoms with E-state index in [4.69, 9.17) is 16.1 Å².